The van der Waals surface area contributed by atoms with Crippen LogP contribution in [0.2, 0.25) is 5.02 Å². The summed E-state index contributed by atoms with van der Waals surface area (Å²) in [7, 11) is 0. The minimum Gasteiger partial charge on any atom is -0.435 e. The van der Waals surface area contributed by atoms with Crippen LogP contribution in [0.4, 0.5) is 28.0 Å². The second-order valence-corrected chi connectivity index (χ2v) is 7.17. The topological polar surface area (TPSA) is 50.8 Å². The van der Waals surface area contributed by atoms with Gasteiger partial charge in [0.2, 0.25) is 6.10 Å². The third-order valence-electron chi connectivity index (χ3n) is 4.52. The van der Waals surface area contributed by atoms with E-state index in [2.05, 4.69) is 10.1 Å². The van der Waals surface area contributed by atoms with Gasteiger partial charge in [-0.15, -0.1) is 0 Å². The van der Waals surface area contributed by atoms with Crippen LogP contribution in [-0.4, -0.2) is 49.5 Å². The summed E-state index contributed by atoms with van der Waals surface area (Å²) in [6.07, 6.45) is -8.79. The third kappa shape index (κ3) is 6.32. The molecule has 1 aliphatic rings. The number of carbonyl (C=O) groups is 1. The van der Waals surface area contributed by atoms with Crippen LogP contribution in [0.5, 0.6) is 0 Å². The molecule has 1 aliphatic heterocycles. The summed E-state index contributed by atoms with van der Waals surface area (Å²) in [6, 6.07) is 11.5. The Hall–Kier alpha value is -2.36. The van der Waals surface area contributed by atoms with E-state index in [1.54, 1.807) is 0 Å². The van der Waals surface area contributed by atoms with Crippen molar-refractivity contribution in [2.24, 2.45) is 0 Å². The maximum Gasteiger partial charge on any atom is 0.426 e. The number of nitrogens with zero attached hydrogens (tertiary/aromatic N) is 1. The van der Waals surface area contributed by atoms with E-state index in [0.29, 0.717) is 10.6 Å². The summed E-state index contributed by atoms with van der Waals surface area (Å²) in [4.78, 5) is 13.5. The van der Waals surface area contributed by atoms with E-state index in [9.17, 15) is 22.4 Å². The first-order valence-electron chi connectivity index (χ1n) is 9.10. The smallest absolute Gasteiger partial charge is 0.426 e. The number of alkyl halides is 3. The van der Waals surface area contributed by atoms with Gasteiger partial charge in [-0.3, -0.25) is 10.2 Å². The van der Waals surface area contributed by atoms with Crippen molar-refractivity contribution in [3.63, 3.8) is 0 Å². The van der Waals surface area contributed by atoms with Crippen molar-refractivity contribution in [3.05, 3.63) is 64.9 Å². The van der Waals surface area contributed by atoms with Crippen LogP contribution in [0.3, 0.4) is 0 Å². The monoisotopic (exact) mass is 446 g/mol. The predicted molar refractivity (Wildman–Crippen MR) is 103 cm³/mol. The Morgan fingerprint density at radius 1 is 1.20 bits per heavy atom. The molecule has 1 N–H and O–H groups in total. The largest absolute Gasteiger partial charge is 0.435 e. The molecule has 0 spiro atoms. The molecule has 30 heavy (non-hydrogen) atoms. The van der Waals surface area contributed by atoms with Crippen LogP contribution < -0.4 is 5.32 Å². The lowest BCUT2D eigenvalue weighted by Crippen LogP contribution is -2.48. The molecule has 162 valence electrons. The van der Waals surface area contributed by atoms with E-state index in [4.69, 9.17) is 16.3 Å². The molecule has 0 aliphatic carbocycles. The van der Waals surface area contributed by atoms with Crippen LogP contribution in [0, 0.1) is 5.82 Å². The van der Waals surface area contributed by atoms with E-state index >= 15 is 0 Å². The van der Waals surface area contributed by atoms with Crippen molar-refractivity contribution in [1.29, 1.82) is 0 Å². The molecule has 2 aromatic rings. The summed E-state index contributed by atoms with van der Waals surface area (Å²) in [5.41, 5.74) is 0.916. The number of amides is 1. The number of nitrogens with one attached hydrogen (secondary N) is 1. The van der Waals surface area contributed by atoms with E-state index in [1.165, 1.54) is 53.4 Å². The third-order valence-corrected chi connectivity index (χ3v) is 4.77. The quantitative estimate of drug-likeness (QED) is 0.654. The molecule has 2 aromatic carbocycles. The van der Waals surface area contributed by atoms with Gasteiger partial charge in [0.15, 0.2) is 0 Å². The molecule has 2 unspecified atom stereocenters. The Labute approximate surface area is 175 Å². The normalized spacial score (nSPS) is 18.6. The first-order valence-corrected chi connectivity index (χ1v) is 9.48. The fourth-order valence-corrected chi connectivity index (χ4v) is 3.13. The molecule has 5 nitrogen and oxygen atoms in total. The average Bonchev–Trinajstić information content (AvgIpc) is 2.69. The molecule has 3 rings (SSSR count). The van der Waals surface area contributed by atoms with Crippen molar-refractivity contribution in [1.82, 2.24) is 4.90 Å². The highest BCUT2D eigenvalue weighted by Gasteiger charge is 2.44. The Bertz CT molecular complexity index is 847. The number of carbonyl (C=O) groups excluding carboxylic acids is 1. The molecule has 1 amide bonds. The lowest BCUT2D eigenvalue weighted by molar-refractivity contribution is -0.209. The zero-order valence-corrected chi connectivity index (χ0v) is 16.4. The van der Waals surface area contributed by atoms with Gasteiger partial charge < -0.3 is 9.47 Å². The highest BCUT2D eigenvalue weighted by atomic mass is 35.5. The number of anilines is 1. The number of benzene rings is 2. The highest BCUT2D eigenvalue weighted by Crippen LogP contribution is 2.27. The summed E-state index contributed by atoms with van der Waals surface area (Å²) in [6.45, 7) is 0.0506. The van der Waals surface area contributed by atoms with Crippen LogP contribution in [0.15, 0.2) is 48.5 Å². The number of hydrogen-bond acceptors (Lipinski definition) is 4. The molecule has 0 saturated carbocycles. The SMILES string of the molecule is O=C(Nc1ccc(Cl)cc1)OC(CN1CCOC(c2ccc(F)cc2)C1)C(F)(F)F. The fourth-order valence-electron chi connectivity index (χ4n) is 3.00. The van der Waals surface area contributed by atoms with E-state index in [1.807, 2.05) is 0 Å². The lowest BCUT2D eigenvalue weighted by Gasteiger charge is -2.35. The Morgan fingerprint density at radius 3 is 2.50 bits per heavy atom. The van der Waals surface area contributed by atoms with Crippen LogP contribution in [0.1, 0.15) is 11.7 Å². The maximum absolute atomic E-state index is 13.5. The molecule has 0 aromatic heterocycles. The molecule has 0 bridgehead atoms. The van der Waals surface area contributed by atoms with Gasteiger partial charge in [0.25, 0.3) is 0 Å². The predicted octanol–water partition coefficient (Wildman–Crippen LogP) is 5.03. The first-order chi connectivity index (χ1) is 14.2. The minimum absolute atomic E-state index is 0.153. The van der Waals surface area contributed by atoms with E-state index in [-0.39, 0.29) is 25.4 Å². The number of hydrogen-bond donors (Lipinski definition) is 1. The lowest BCUT2D eigenvalue weighted by atomic mass is 10.1. The van der Waals surface area contributed by atoms with Crippen LogP contribution >= 0.6 is 11.6 Å². The Kier molecular flexibility index (Phi) is 7.17. The number of halogens is 5. The van der Waals surface area contributed by atoms with Crippen molar-refractivity contribution < 1.29 is 31.8 Å². The number of morpholine rings is 1. The Balaban J connectivity index is 1.61. The Morgan fingerprint density at radius 2 is 1.87 bits per heavy atom. The number of ether oxygens (including phenoxy) is 2. The van der Waals surface area contributed by atoms with Crippen molar-refractivity contribution in [3.8, 4) is 0 Å². The second-order valence-electron chi connectivity index (χ2n) is 6.74. The molecular formula is C20H19ClF4N2O3. The van der Waals surface area contributed by atoms with Gasteiger partial charge in [-0.25, -0.2) is 9.18 Å². The van der Waals surface area contributed by atoms with Gasteiger partial charge in [-0.1, -0.05) is 23.7 Å². The van der Waals surface area contributed by atoms with Crippen molar-refractivity contribution >= 4 is 23.4 Å². The minimum atomic E-state index is -4.75. The number of rotatable bonds is 5. The zero-order chi connectivity index (χ0) is 21.7. The molecule has 1 saturated heterocycles. The molecule has 10 heteroatoms. The van der Waals surface area contributed by atoms with Crippen molar-refractivity contribution in [2.45, 2.75) is 18.4 Å². The van der Waals surface area contributed by atoms with Gasteiger partial charge in [0.05, 0.1) is 12.7 Å². The zero-order valence-electron chi connectivity index (χ0n) is 15.7. The molecule has 2 atom stereocenters. The van der Waals surface area contributed by atoms with E-state index in [0.717, 1.165) is 0 Å². The molecule has 0 radical (unpaired) electrons. The summed E-state index contributed by atoms with van der Waals surface area (Å²) in [5, 5.41) is 2.67. The summed E-state index contributed by atoms with van der Waals surface area (Å²) >= 11 is 5.74. The van der Waals surface area contributed by atoms with Crippen molar-refractivity contribution in [2.75, 3.05) is 31.6 Å². The van der Waals surface area contributed by atoms with E-state index < -0.39 is 36.8 Å². The first kappa shape index (κ1) is 22.3. The molecule has 1 fully saturated rings. The standard InChI is InChI=1S/C20H19ClF4N2O3/c21-14-3-7-16(8-4-14)26-19(28)30-18(20(23,24)25)12-27-9-10-29-17(11-27)13-1-5-15(22)6-2-13/h1-8,17-18H,9-12H2,(H,26,28). The summed E-state index contributed by atoms with van der Waals surface area (Å²) < 4.78 is 63.8. The molecule has 1 heterocycles. The van der Waals surface area contributed by atoms with Gasteiger partial charge in [0, 0.05) is 30.3 Å². The molecular weight excluding hydrogens is 428 g/mol. The summed E-state index contributed by atoms with van der Waals surface area (Å²) in [5.74, 6) is -0.413. The maximum atomic E-state index is 13.5. The van der Waals surface area contributed by atoms with Gasteiger partial charge in [-0.2, -0.15) is 13.2 Å². The highest BCUT2D eigenvalue weighted by molar-refractivity contribution is 6.30. The van der Waals surface area contributed by atoms with Gasteiger partial charge in [-0.05, 0) is 42.0 Å². The second kappa shape index (κ2) is 9.63. The fraction of sp³-hybridized carbons (Fsp3) is 0.350. The van der Waals surface area contributed by atoms with Gasteiger partial charge in [0.1, 0.15) is 5.82 Å². The average molecular weight is 447 g/mol. The van der Waals surface area contributed by atoms with Crippen LogP contribution in [0.25, 0.3) is 0 Å². The van der Waals surface area contributed by atoms with Gasteiger partial charge >= 0.3 is 12.3 Å². The van der Waals surface area contributed by atoms with Crippen LogP contribution in [-0.2, 0) is 9.47 Å².